The van der Waals surface area contributed by atoms with Crippen LogP contribution in [0.15, 0.2) is 0 Å². The highest BCUT2D eigenvalue weighted by Crippen LogP contribution is 2.54. The highest BCUT2D eigenvalue weighted by atomic mass is 16.6. The van der Waals surface area contributed by atoms with Crippen LogP contribution in [0.3, 0.4) is 0 Å². The van der Waals surface area contributed by atoms with Crippen molar-refractivity contribution >= 4 is 17.8 Å². The van der Waals surface area contributed by atoms with Crippen molar-refractivity contribution in [2.45, 2.75) is 46.1 Å². The molecule has 0 radical (unpaired) electrons. The van der Waals surface area contributed by atoms with Gasteiger partial charge in [-0.25, -0.2) is 15.2 Å². The molecular weight excluding hydrogens is 248 g/mol. The molecule has 1 N–H and O–H groups in total. The van der Waals surface area contributed by atoms with Crippen molar-refractivity contribution < 1.29 is 19.1 Å². The maximum Gasteiger partial charge on any atom is 0.426 e. The zero-order valence-corrected chi connectivity index (χ0v) is 11.8. The first-order valence-corrected chi connectivity index (χ1v) is 6.57. The van der Waals surface area contributed by atoms with E-state index in [9.17, 15) is 14.4 Å². The van der Waals surface area contributed by atoms with E-state index < -0.39 is 17.0 Å². The lowest BCUT2D eigenvalue weighted by molar-refractivity contribution is -0.144. The van der Waals surface area contributed by atoms with E-state index in [2.05, 4.69) is 5.43 Å². The molecule has 0 aromatic heterocycles. The van der Waals surface area contributed by atoms with Crippen molar-refractivity contribution in [2.24, 2.45) is 11.3 Å². The molecule has 106 valence electrons. The molecule has 1 saturated heterocycles. The predicted octanol–water partition coefficient (Wildman–Crippen LogP) is 1.25. The van der Waals surface area contributed by atoms with Crippen LogP contribution in [0.1, 0.15) is 40.5 Å². The molecule has 2 fully saturated rings. The van der Waals surface area contributed by atoms with E-state index in [0.717, 1.165) is 0 Å². The van der Waals surface area contributed by atoms with Crippen LogP contribution in [-0.4, -0.2) is 34.9 Å². The Morgan fingerprint density at radius 1 is 1.42 bits per heavy atom. The second-order valence-corrected chi connectivity index (χ2v) is 5.81. The smallest absolute Gasteiger partial charge is 0.426 e. The quantitative estimate of drug-likeness (QED) is 0.818. The molecule has 0 spiro atoms. The third-order valence-corrected chi connectivity index (χ3v) is 4.77. The van der Waals surface area contributed by atoms with Crippen molar-refractivity contribution in [3.63, 3.8) is 0 Å². The maximum absolute atomic E-state index is 12.4. The number of nitrogens with one attached hydrogen (secondary N) is 1. The molecule has 0 aromatic carbocycles. The van der Waals surface area contributed by atoms with Crippen molar-refractivity contribution in [1.82, 2.24) is 10.4 Å². The number of hydrogen-bond donors (Lipinski definition) is 1. The number of carbonyl (C=O) groups is 3. The summed E-state index contributed by atoms with van der Waals surface area (Å²) >= 11 is 0. The Morgan fingerprint density at radius 2 is 2.05 bits per heavy atom. The van der Waals surface area contributed by atoms with Crippen molar-refractivity contribution in [2.75, 3.05) is 6.61 Å². The number of amides is 2. The Hall–Kier alpha value is -1.59. The molecule has 1 aliphatic carbocycles. The molecule has 2 atom stereocenters. The number of carbonyl (C=O) groups excluding carboxylic acids is 3. The third-order valence-electron chi connectivity index (χ3n) is 4.77. The van der Waals surface area contributed by atoms with Gasteiger partial charge in [-0.15, -0.1) is 0 Å². The first-order chi connectivity index (χ1) is 8.76. The van der Waals surface area contributed by atoms with Crippen molar-refractivity contribution in [3.05, 3.63) is 0 Å². The van der Waals surface area contributed by atoms with Gasteiger partial charge in [0.25, 0.3) is 0 Å². The Balaban J connectivity index is 2.36. The average molecular weight is 268 g/mol. The van der Waals surface area contributed by atoms with Crippen molar-refractivity contribution in [1.29, 1.82) is 0 Å². The average Bonchev–Trinajstić information content (AvgIpc) is 2.40. The van der Waals surface area contributed by atoms with Gasteiger partial charge in [0.2, 0.25) is 5.91 Å². The Morgan fingerprint density at radius 3 is 2.63 bits per heavy atom. The number of ketones is 1. The van der Waals surface area contributed by atoms with E-state index in [-0.39, 0.29) is 24.2 Å². The minimum atomic E-state index is -1.00. The van der Waals surface area contributed by atoms with Gasteiger partial charge in [0.1, 0.15) is 5.54 Å². The van der Waals surface area contributed by atoms with Crippen LogP contribution in [0.25, 0.3) is 0 Å². The maximum atomic E-state index is 12.4. The molecule has 2 rings (SSSR count). The number of hydrazine groups is 1. The summed E-state index contributed by atoms with van der Waals surface area (Å²) in [5.41, 5.74) is 0.928. The van der Waals surface area contributed by atoms with Gasteiger partial charge in [0.05, 0.1) is 6.61 Å². The molecule has 6 nitrogen and oxygen atoms in total. The van der Waals surface area contributed by atoms with Gasteiger partial charge < -0.3 is 4.74 Å². The number of Topliss-reactive ketones (excluding diaryl/α,β-unsaturated/α-hetero) is 1. The largest absolute Gasteiger partial charge is 0.449 e. The van der Waals surface area contributed by atoms with E-state index in [4.69, 9.17) is 4.74 Å². The Kier molecular flexibility index (Phi) is 3.07. The summed E-state index contributed by atoms with van der Waals surface area (Å²) in [6.07, 6.45) is 0.215. The van der Waals surface area contributed by atoms with Crippen LogP contribution in [0.4, 0.5) is 4.79 Å². The molecule has 2 bridgehead atoms. The fourth-order valence-electron chi connectivity index (χ4n) is 3.22. The van der Waals surface area contributed by atoms with Gasteiger partial charge in [0, 0.05) is 17.8 Å². The highest BCUT2D eigenvalue weighted by molar-refractivity contribution is 6.01. The standard InChI is InChI=1S/C13H20N2O4/c1-5-19-11(18)14-15-10(17)8-6-7-9(16)13(15,4)12(8,2)3/h8H,5-7H2,1-4H3,(H,14,18)/t8-,13+/m1/s1. The van der Waals surface area contributed by atoms with Crippen LogP contribution in [0.5, 0.6) is 0 Å². The monoisotopic (exact) mass is 268 g/mol. The zero-order chi connectivity index (χ0) is 14.4. The summed E-state index contributed by atoms with van der Waals surface area (Å²) in [5.74, 6) is -0.458. The first kappa shape index (κ1) is 13.8. The molecule has 1 aliphatic heterocycles. The van der Waals surface area contributed by atoms with Gasteiger partial charge >= 0.3 is 6.09 Å². The third kappa shape index (κ3) is 1.65. The van der Waals surface area contributed by atoms with Crippen LogP contribution < -0.4 is 5.43 Å². The number of nitrogens with zero attached hydrogens (tertiary/aromatic N) is 1. The van der Waals surface area contributed by atoms with Crippen molar-refractivity contribution in [3.8, 4) is 0 Å². The van der Waals surface area contributed by atoms with Crippen LogP contribution in [0.2, 0.25) is 0 Å². The number of rotatable bonds is 2. The molecule has 0 unspecified atom stereocenters. The first-order valence-electron chi connectivity index (χ1n) is 6.57. The number of ether oxygens (including phenoxy) is 1. The molecule has 2 aliphatic rings. The lowest BCUT2D eigenvalue weighted by Crippen LogP contribution is -2.62. The lowest BCUT2D eigenvalue weighted by atomic mass is 9.61. The van der Waals surface area contributed by atoms with Gasteiger partial charge in [0.15, 0.2) is 5.78 Å². The zero-order valence-electron chi connectivity index (χ0n) is 11.8. The minimum absolute atomic E-state index is 0.0172. The van der Waals surface area contributed by atoms with Crippen LogP contribution in [-0.2, 0) is 14.3 Å². The molecule has 19 heavy (non-hydrogen) atoms. The van der Waals surface area contributed by atoms with Gasteiger partial charge in [-0.2, -0.15) is 0 Å². The molecular formula is C13H20N2O4. The molecule has 0 aromatic rings. The van der Waals surface area contributed by atoms with Gasteiger partial charge in [-0.3, -0.25) is 9.59 Å². The summed E-state index contributed by atoms with van der Waals surface area (Å²) < 4.78 is 4.79. The number of fused-ring (bicyclic) bond motifs is 2. The second-order valence-electron chi connectivity index (χ2n) is 5.81. The summed E-state index contributed by atoms with van der Waals surface area (Å²) in [5, 5.41) is 1.19. The highest BCUT2D eigenvalue weighted by Gasteiger charge is 2.67. The molecule has 1 saturated carbocycles. The number of hydrogen-bond acceptors (Lipinski definition) is 4. The second kappa shape index (κ2) is 4.21. The SMILES string of the molecule is CCOC(=O)NN1C(=O)[C@H]2CCC(=O)[C@@]1(C)C2(C)C. The summed E-state index contributed by atoms with van der Waals surface area (Å²) in [4.78, 5) is 36.2. The minimum Gasteiger partial charge on any atom is -0.449 e. The molecule has 2 amide bonds. The summed E-state index contributed by atoms with van der Waals surface area (Å²) in [7, 11) is 0. The molecule has 6 heteroatoms. The normalized spacial score (nSPS) is 32.4. The van der Waals surface area contributed by atoms with E-state index in [1.807, 2.05) is 13.8 Å². The van der Waals surface area contributed by atoms with E-state index in [1.54, 1.807) is 13.8 Å². The van der Waals surface area contributed by atoms with Gasteiger partial charge in [-0.05, 0) is 20.3 Å². The fourth-order valence-corrected chi connectivity index (χ4v) is 3.22. The summed E-state index contributed by atoms with van der Waals surface area (Å²) in [6, 6.07) is 0. The molecule has 1 heterocycles. The Labute approximate surface area is 112 Å². The predicted molar refractivity (Wildman–Crippen MR) is 66.9 cm³/mol. The topological polar surface area (TPSA) is 75.7 Å². The van der Waals surface area contributed by atoms with E-state index in [0.29, 0.717) is 12.8 Å². The Bertz CT molecular complexity index is 446. The van der Waals surface area contributed by atoms with E-state index >= 15 is 0 Å². The van der Waals surface area contributed by atoms with E-state index in [1.165, 1.54) is 5.01 Å². The van der Waals surface area contributed by atoms with Gasteiger partial charge in [-0.1, -0.05) is 13.8 Å². The fraction of sp³-hybridized carbons (Fsp3) is 0.769. The lowest BCUT2D eigenvalue weighted by Gasteiger charge is -2.44. The van der Waals surface area contributed by atoms with Crippen LogP contribution >= 0.6 is 0 Å². The van der Waals surface area contributed by atoms with Crippen LogP contribution in [0, 0.1) is 11.3 Å². The summed E-state index contributed by atoms with van der Waals surface area (Å²) in [6.45, 7) is 7.42.